The highest BCUT2D eigenvalue weighted by molar-refractivity contribution is 6.12. The number of fused-ring (bicyclic) bond motifs is 3. The van der Waals surface area contributed by atoms with Crippen molar-refractivity contribution in [2.45, 2.75) is 13.3 Å². The van der Waals surface area contributed by atoms with Crippen molar-refractivity contribution >= 4 is 27.5 Å². The molecule has 4 heteroatoms. The van der Waals surface area contributed by atoms with Gasteiger partial charge < -0.3 is 4.42 Å². The minimum absolute atomic E-state index is 0.560. The summed E-state index contributed by atoms with van der Waals surface area (Å²) < 4.78 is 6.58. The van der Waals surface area contributed by atoms with Crippen molar-refractivity contribution < 1.29 is 4.42 Å². The first-order valence-corrected chi connectivity index (χ1v) is 14.4. The number of hydrogen-bond donors (Lipinski definition) is 0. The van der Waals surface area contributed by atoms with Gasteiger partial charge in [-0.15, -0.1) is 0 Å². The van der Waals surface area contributed by atoms with E-state index in [0.717, 1.165) is 67.3 Å². The van der Waals surface area contributed by atoms with Gasteiger partial charge in [-0.25, -0.2) is 15.0 Å². The second-order valence-corrected chi connectivity index (χ2v) is 10.5. The molecule has 0 saturated heterocycles. The molecule has 7 aromatic rings. The van der Waals surface area contributed by atoms with Crippen LogP contribution in [0.15, 0.2) is 139 Å². The predicted molar refractivity (Wildman–Crippen MR) is 177 cm³/mol. The Balaban J connectivity index is 1.54. The normalized spacial score (nSPS) is 11.2. The third kappa shape index (κ3) is 4.83. The quantitative estimate of drug-likeness (QED) is 0.184. The first-order chi connectivity index (χ1) is 21.1. The van der Waals surface area contributed by atoms with E-state index in [0.29, 0.717) is 17.5 Å². The molecule has 0 saturated carbocycles. The zero-order valence-corrected chi connectivity index (χ0v) is 23.9. The fourth-order valence-corrected chi connectivity index (χ4v) is 5.50. The predicted octanol–water partition coefficient (Wildman–Crippen LogP) is 10.2. The zero-order chi connectivity index (χ0) is 29.3. The summed E-state index contributed by atoms with van der Waals surface area (Å²) in [5.74, 6) is 1.79. The second kappa shape index (κ2) is 11.0. The van der Waals surface area contributed by atoms with E-state index >= 15 is 0 Å². The van der Waals surface area contributed by atoms with Crippen LogP contribution in [0.1, 0.15) is 18.1 Å². The molecular formula is C39H29N3O. The molecule has 0 radical (unpaired) electrons. The van der Waals surface area contributed by atoms with E-state index in [-0.39, 0.29) is 0 Å². The molecule has 0 aliphatic heterocycles. The molecule has 206 valence electrons. The Morgan fingerprint density at radius 3 is 2.14 bits per heavy atom. The molecule has 0 spiro atoms. The fourth-order valence-electron chi connectivity index (χ4n) is 5.50. The zero-order valence-electron chi connectivity index (χ0n) is 23.9. The maximum atomic E-state index is 6.58. The summed E-state index contributed by atoms with van der Waals surface area (Å²) in [6, 6.07) is 39.2. The van der Waals surface area contributed by atoms with Gasteiger partial charge in [-0.1, -0.05) is 123 Å². The maximum absolute atomic E-state index is 6.58. The molecule has 43 heavy (non-hydrogen) atoms. The first-order valence-electron chi connectivity index (χ1n) is 14.4. The Labute approximate surface area is 250 Å². The van der Waals surface area contributed by atoms with Crippen LogP contribution in [0.25, 0.3) is 72.8 Å². The number of benzene rings is 5. The lowest BCUT2D eigenvalue weighted by atomic mass is 9.95. The van der Waals surface area contributed by atoms with E-state index in [9.17, 15) is 0 Å². The van der Waals surface area contributed by atoms with Crippen LogP contribution in [-0.2, 0) is 6.42 Å². The highest BCUT2D eigenvalue weighted by atomic mass is 16.3. The van der Waals surface area contributed by atoms with Crippen LogP contribution in [0.4, 0.5) is 0 Å². The van der Waals surface area contributed by atoms with Crippen LogP contribution in [-0.4, -0.2) is 15.0 Å². The number of aromatic nitrogens is 3. The topological polar surface area (TPSA) is 51.8 Å². The molecule has 0 aliphatic rings. The van der Waals surface area contributed by atoms with Crippen molar-refractivity contribution in [3.05, 3.63) is 146 Å². The maximum Gasteiger partial charge on any atom is 0.168 e. The van der Waals surface area contributed by atoms with Gasteiger partial charge in [0.1, 0.15) is 11.2 Å². The number of aryl methyl sites for hydroxylation is 1. The van der Waals surface area contributed by atoms with Gasteiger partial charge >= 0.3 is 0 Å². The van der Waals surface area contributed by atoms with Gasteiger partial charge in [-0.05, 0) is 52.4 Å². The van der Waals surface area contributed by atoms with E-state index in [1.807, 2.05) is 48.5 Å². The largest absolute Gasteiger partial charge is 0.455 e. The van der Waals surface area contributed by atoms with Crippen molar-refractivity contribution in [1.29, 1.82) is 0 Å². The molecular weight excluding hydrogens is 526 g/mol. The fraction of sp³-hybridized carbons (Fsp3) is 0.0513. The van der Waals surface area contributed by atoms with Gasteiger partial charge in [-0.3, -0.25) is 0 Å². The van der Waals surface area contributed by atoms with Gasteiger partial charge in [-0.2, -0.15) is 0 Å². The minimum atomic E-state index is 0.560. The summed E-state index contributed by atoms with van der Waals surface area (Å²) in [4.78, 5) is 15.2. The third-order valence-electron chi connectivity index (χ3n) is 7.84. The summed E-state index contributed by atoms with van der Waals surface area (Å²) in [7, 11) is 0. The van der Waals surface area contributed by atoms with Crippen LogP contribution in [0, 0.1) is 0 Å². The van der Waals surface area contributed by atoms with Crippen LogP contribution in [0.2, 0.25) is 0 Å². The first kappa shape index (κ1) is 26.3. The van der Waals surface area contributed by atoms with Gasteiger partial charge in [0, 0.05) is 21.9 Å². The lowest BCUT2D eigenvalue weighted by molar-refractivity contribution is 0.669. The van der Waals surface area contributed by atoms with Crippen LogP contribution in [0.5, 0.6) is 0 Å². The van der Waals surface area contributed by atoms with Crippen LogP contribution >= 0.6 is 0 Å². The second-order valence-electron chi connectivity index (χ2n) is 10.5. The molecule has 0 fully saturated rings. The van der Waals surface area contributed by atoms with E-state index < -0.39 is 0 Å². The lowest BCUT2D eigenvalue weighted by Crippen LogP contribution is -2.01. The number of rotatable bonds is 7. The molecule has 5 aromatic carbocycles. The number of allylic oxidation sites excluding steroid dienone is 2. The Hall–Kier alpha value is -5.61. The van der Waals surface area contributed by atoms with Crippen molar-refractivity contribution in [3.8, 4) is 45.3 Å². The van der Waals surface area contributed by atoms with Crippen LogP contribution in [0.3, 0.4) is 0 Å². The molecule has 0 amide bonds. The highest BCUT2D eigenvalue weighted by Crippen LogP contribution is 2.42. The summed E-state index contributed by atoms with van der Waals surface area (Å²) in [5.41, 5.74) is 9.39. The molecule has 0 aliphatic carbocycles. The van der Waals surface area contributed by atoms with Crippen molar-refractivity contribution in [2.75, 3.05) is 0 Å². The van der Waals surface area contributed by atoms with Crippen LogP contribution < -0.4 is 0 Å². The Morgan fingerprint density at radius 2 is 1.37 bits per heavy atom. The van der Waals surface area contributed by atoms with E-state index in [4.69, 9.17) is 19.4 Å². The van der Waals surface area contributed by atoms with Crippen molar-refractivity contribution in [3.63, 3.8) is 0 Å². The minimum Gasteiger partial charge on any atom is -0.455 e. The molecule has 4 nitrogen and oxygen atoms in total. The number of para-hydroxylation sites is 1. The molecule has 2 aromatic heterocycles. The average Bonchev–Trinajstić information content (AvgIpc) is 3.46. The van der Waals surface area contributed by atoms with E-state index in [1.54, 1.807) is 6.08 Å². The summed E-state index contributed by atoms with van der Waals surface area (Å²) in [5, 5.41) is 2.07. The molecule has 0 unspecified atom stereocenters. The highest BCUT2D eigenvalue weighted by Gasteiger charge is 2.22. The van der Waals surface area contributed by atoms with Gasteiger partial charge in [0.15, 0.2) is 17.5 Å². The molecule has 0 N–H and O–H groups in total. The summed E-state index contributed by atoms with van der Waals surface area (Å²) in [6.45, 7) is 10.1. The summed E-state index contributed by atoms with van der Waals surface area (Å²) in [6.07, 6.45) is 2.69. The molecule has 0 bridgehead atoms. The molecule has 7 rings (SSSR count). The van der Waals surface area contributed by atoms with Crippen molar-refractivity contribution in [2.24, 2.45) is 0 Å². The standard InChI is InChI=1S/C39H29N3O/c1-4-25(3)27-18-20-28(21-19-27)31-22-23-33-32-16-9-10-17-34(32)43-36(33)35(31)39-41-37(29-13-7-6-8-14-29)40-38(42-39)30-15-11-12-26(5-2)24-30/h4,6-24H,1,3,5H2,2H3. The third-order valence-corrected chi connectivity index (χ3v) is 7.84. The Morgan fingerprint density at radius 1 is 0.674 bits per heavy atom. The number of hydrogen-bond acceptors (Lipinski definition) is 4. The lowest BCUT2D eigenvalue weighted by Gasteiger charge is -2.13. The SMILES string of the molecule is C=CC(=C)c1ccc(-c2ccc3c(oc4ccccc43)c2-c2nc(-c3ccccc3)nc(-c3cccc(CC)c3)n2)cc1. The van der Waals surface area contributed by atoms with Gasteiger partial charge in [0.2, 0.25) is 0 Å². The average molecular weight is 556 g/mol. The monoisotopic (exact) mass is 555 g/mol. The molecule has 2 heterocycles. The van der Waals surface area contributed by atoms with Gasteiger partial charge in [0.05, 0.1) is 5.56 Å². The van der Waals surface area contributed by atoms with E-state index in [2.05, 4.69) is 86.8 Å². The Kier molecular flexibility index (Phi) is 6.72. The summed E-state index contributed by atoms with van der Waals surface area (Å²) >= 11 is 0. The van der Waals surface area contributed by atoms with Gasteiger partial charge in [0.25, 0.3) is 0 Å². The van der Waals surface area contributed by atoms with E-state index in [1.165, 1.54) is 5.56 Å². The molecule has 0 atom stereocenters. The number of furan rings is 1. The van der Waals surface area contributed by atoms with Crippen molar-refractivity contribution in [1.82, 2.24) is 15.0 Å². The Bertz CT molecular complexity index is 2140. The number of nitrogens with zero attached hydrogens (tertiary/aromatic N) is 3. The smallest absolute Gasteiger partial charge is 0.168 e.